The second-order valence-electron chi connectivity index (χ2n) is 4.02. The van der Waals surface area contributed by atoms with Gasteiger partial charge in [-0.3, -0.25) is 4.79 Å². The molecule has 0 saturated heterocycles. The lowest BCUT2D eigenvalue weighted by atomic mass is 10.4. The molecule has 94 valence electrons. The Balaban J connectivity index is 1.69. The summed E-state index contributed by atoms with van der Waals surface area (Å²) in [6, 6.07) is 3.59. The predicted molar refractivity (Wildman–Crippen MR) is 71.0 cm³/mol. The highest BCUT2D eigenvalue weighted by Crippen LogP contribution is 2.53. The predicted octanol–water partition coefficient (Wildman–Crippen LogP) is 3.54. The molecule has 1 amide bonds. The van der Waals surface area contributed by atoms with E-state index >= 15 is 0 Å². The summed E-state index contributed by atoms with van der Waals surface area (Å²) in [6.07, 6.45) is 2.06. The second-order valence-corrected chi connectivity index (χ2v) is 6.42. The lowest BCUT2D eigenvalue weighted by molar-refractivity contribution is -0.117. The molecule has 1 N–H and O–H groups in total. The van der Waals surface area contributed by atoms with E-state index in [-0.39, 0.29) is 11.8 Å². The molecule has 0 aliphatic heterocycles. The number of nitrogens with one attached hydrogen (secondary N) is 1. The van der Waals surface area contributed by atoms with E-state index in [2.05, 4.69) is 10.3 Å². The number of halogens is 2. The summed E-state index contributed by atoms with van der Waals surface area (Å²) >= 11 is 13.0. The number of carbonyl (C=O) groups is 1. The molecular formula is C11H8Cl2N2O2S. The van der Waals surface area contributed by atoms with Gasteiger partial charge in [0.1, 0.15) is 10.0 Å². The first-order valence-electron chi connectivity index (χ1n) is 5.24. The minimum absolute atomic E-state index is 0.194. The maximum absolute atomic E-state index is 11.7. The fourth-order valence-electron chi connectivity index (χ4n) is 1.56. The van der Waals surface area contributed by atoms with E-state index in [9.17, 15) is 4.79 Å². The topological polar surface area (TPSA) is 55.1 Å². The Morgan fingerprint density at radius 3 is 3.00 bits per heavy atom. The van der Waals surface area contributed by atoms with Crippen LogP contribution in [0, 0.1) is 5.92 Å². The smallest absolute Gasteiger partial charge is 0.232 e. The van der Waals surface area contributed by atoms with Gasteiger partial charge >= 0.3 is 0 Å². The monoisotopic (exact) mass is 302 g/mol. The number of aromatic nitrogens is 1. The number of hydrogen-bond acceptors (Lipinski definition) is 4. The summed E-state index contributed by atoms with van der Waals surface area (Å²) < 4.78 is 4.31. The van der Waals surface area contributed by atoms with Crippen molar-refractivity contribution in [2.75, 3.05) is 5.32 Å². The first-order valence-corrected chi connectivity index (χ1v) is 6.88. The first-order chi connectivity index (χ1) is 8.56. The van der Waals surface area contributed by atoms with Crippen molar-refractivity contribution in [2.24, 2.45) is 5.92 Å². The van der Waals surface area contributed by atoms with E-state index in [0.717, 1.165) is 0 Å². The van der Waals surface area contributed by atoms with Crippen LogP contribution in [-0.4, -0.2) is 15.2 Å². The number of hydrogen-bond donors (Lipinski definition) is 1. The molecule has 1 atom stereocenters. The van der Waals surface area contributed by atoms with Crippen LogP contribution in [0.2, 0.25) is 0 Å². The normalized spacial score (nSPS) is 20.7. The summed E-state index contributed by atoms with van der Waals surface area (Å²) in [6.45, 7) is 0. The zero-order valence-corrected chi connectivity index (χ0v) is 11.4. The molecule has 3 rings (SSSR count). The van der Waals surface area contributed by atoms with E-state index in [1.54, 1.807) is 12.3 Å². The number of nitrogens with zero attached hydrogens (tertiary/aromatic N) is 1. The van der Waals surface area contributed by atoms with Gasteiger partial charge in [0.15, 0.2) is 10.9 Å². The standard InChI is InChI=1S/C11H8Cl2N2O2S/c12-11(13)4-6(11)9(16)15-10-14-7(5-18-10)8-2-1-3-17-8/h1-3,5-6H,4H2,(H,14,15,16). The van der Waals surface area contributed by atoms with Gasteiger partial charge < -0.3 is 9.73 Å². The average molecular weight is 303 g/mol. The number of amides is 1. The third-order valence-corrected chi connectivity index (χ3v) is 4.24. The number of alkyl halides is 2. The molecule has 18 heavy (non-hydrogen) atoms. The Kier molecular flexibility index (Phi) is 2.84. The second kappa shape index (κ2) is 4.26. The van der Waals surface area contributed by atoms with Gasteiger partial charge in [0.05, 0.1) is 12.2 Å². The van der Waals surface area contributed by atoms with Crippen LogP contribution in [0.15, 0.2) is 28.2 Å². The highest BCUT2D eigenvalue weighted by atomic mass is 35.5. The van der Waals surface area contributed by atoms with E-state index in [1.165, 1.54) is 11.3 Å². The summed E-state index contributed by atoms with van der Waals surface area (Å²) in [5, 5.41) is 5.03. The van der Waals surface area contributed by atoms with Crippen molar-refractivity contribution in [3.05, 3.63) is 23.8 Å². The molecule has 1 saturated carbocycles. The van der Waals surface area contributed by atoms with Crippen LogP contribution in [-0.2, 0) is 4.79 Å². The Morgan fingerprint density at radius 1 is 1.61 bits per heavy atom. The van der Waals surface area contributed by atoms with Crippen LogP contribution in [0.25, 0.3) is 11.5 Å². The molecular weight excluding hydrogens is 295 g/mol. The van der Waals surface area contributed by atoms with E-state index in [4.69, 9.17) is 27.6 Å². The lowest BCUT2D eigenvalue weighted by Crippen LogP contribution is -2.16. The van der Waals surface area contributed by atoms with Crippen molar-refractivity contribution in [1.82, 2.24) is 4.98 Å². The summed E-state index contributed by atoms with van der Waals surface area (Å²) in [7, 11) is 0. The Labute approximate surface area is 117 Å². The molecule has 1 aliphatic carbocycles. The third-order valence-electron chi connectivity index (χ3n) is 2.65. The first kappa shape index (κ1) is 12.0. The van der Waals surface area contributed by atoms with Crippen LogP contribution in [0.1, 0.15) is 6.42 Å². The Hall–Kier alpha value is -1.04. The van der Waals surface area contributed by atoms with Gasteiger partial charge in [-0.25, -0.2) is 4.98 Å². The Morgan fingerprint density at radius 2 is 2.39 bits per heavy atom. The third kappa shape index (κ3) is 2.25. The number of anilines is 1. The maximum Gasteiger partial charge on any atom is 0.232 e. The summed E-state index contributed by atoms with van der Waals surface area (Å²) in [5.41, 5.74) is 0.694. The molecule has 0 bridgehead atoms. The fraction of sp³-hybridized carbons (Fsp3) is 0.273. The quantitative estimate of drug-likeness (QED) is 0.882. The van der Waals surface area contributed by atoms with Gasteiger partial charge in [0.25, 0.3) is 0 Å². The molecule has 4 nitrogen and oxygen atoms in total. The average Bonchev–Trinajstić information content (AvgIpc) is 2.81. The van der Waals surface area contributed by atoms with Crippen LogP contribution >= 0.6 is 34.5 Å². The molecule has 2 aromatic heterocycles. The van der Waals surface area contributed by atoms with Crippen molar-refractivity contribution in [1.29, 1.82) is 0 Å². The van der Waals surface area contributed by atoms with E-state index in [0.29, 0.717) is 23.0 Å². The Bertz CT molecular complexity index is 580. The van der Waals surface area contributed by atoms with Gasteiger partial charge in [-0.2, -0.15) is 0 Å². The van der Waals surface area contributed by atoms with Gasteiger partial charge in [-0.05, 0) is 18.6 Å². The molecule has 0 aromatic carbocycles. The van der Waals surface area contributed by atoms with Crippen molar-refractivity contribution >= 4 is 45.6 Å². The number of furan rings is 1. The van der Waals surface area contributed by atoms with E-state index in [1.807, 2.05) is 11.4 Å². The lowest BCUT2D eigenvalue weighted by Gasteiger charge is -2.00. The number of thiazole rings is 1. The van der Waals surface area contributed by atoms with E-state index < -0.39 is 4.33 Å². The summed E-state index contributed by atoms with van der Waals surface area (Å²) in [4.78, 5) is 16.0. The molecule has 1 fully saturated rings. The zero-order valence-electron chi connectivity index (χ0n) is 9.02. The number of carbonyl (C=O) groups excluding carboxylic acids is 1. The van der Waals surface area contributed by atoms with Gasteiger partial charge in [0.2, 0.25) is 5.91 Å². The van der Waals surface area contributed by atoms with Crippen molar-refractivity contribution in [3.8, 4) is 11.5 Å². The summed E-state index contributed by atoms with van der Waals surface area (Å²) in [5.74, 6) is 0.124. The van der Waals surface area contributed by atoms with Crippen LogP contribution in [0.5, 0.6) is 0 Å². The van der Waals surface area contributed by atoms with Crippen molar-refractivity contribution in [2.45, 2.75) is 10.8 Å². The minimum atomic E-state index is -0.912. The molecule has 7 heteroatoms. The SMILES string of the molecule is O=C(Nc1nc(-c2ccco2)cs1)C1CC1(Cl)Cl. The molecule has 0 radical (unpaired) electrons. The maximum atomic E-state index is 11.7. The fourth-order valence-corrected chi connectivity index (χ4v) is 2.77. The molecule has 0 spiro atoms. The highest BCUT2D eigenvalue weighted by Gasteiger charge is 2.56. The highest BCUT2D eigenvalue weighted by molar-refractivity contribution is 7.14. The van der Waals surface area contributed by atoms with Crippen LogP contribution in [0.3, 0.4) is 0 Å². The largest absolute Gasteiger partial charge is 0.463 e. The zero-order chi connectivity index (χ0) is 12.8. The minimum Gasteiger partial charge on any atom is -0.463 e. The van der Waals surface area contributed by atoms with Crippen molar-refractivity contribution < 1.29 is 9.21 Å². The molecule has 1 aliphatic rings. The van der Waals surface area contributed by atoms with Gasteiger partial charge in [-0.15, -0.1) is 34.5 Å². The van der Waals surface area contributed by atoms with Gasteiger partial charge in [-0.1, -0.05) is 0 Å². The molecule has 2 heterocycles. The molecule has 1 unspecified atom stereocenters. The van der Waals surface area contributed by atoms with Crippen LogP contribution in [0.4, 0.5) is 5.13 Å². The van der Waals surface area contributed by atoms with Crippen LogP contribution < -0.4 is 5.32 Å². The molecule has 2 aromatic rings. The van der Waals surface area contributed by atoms with Gasteiger partial charge in [0, 0.05) is 5.38 Å². The number of rotatable bonds is 3. The van der Waals surface area contributed by atoms with Crippen molar-refractivity contribution in [3.63, 3.8) is 0 Å².